The van der Waals surface area contributed by atoms with Crippen LogP contribution in [0.1, 0.15) is 26.2 Å². The number of rotatable bonds is 8. The number of unbranched alkanes of at least 4 members (excludes halogenated alkanes) is 1. The van der Waals surface area contributed by atoms with E-state index in [2.05, 4.69) is 5.32 Å². The molecule has 0 spiro atoms. The molecule has 1 aromatic carbocycles. The van der Waals surface area contributed by atoms with E-state index in [1.165, 1.54) is 19.2 Å². The topological polar surface area (TPSA) is 72.5 Å². The maximum Gasteiger partial charge on any atom is 0.220 e. The van der Waals surface area contributed by atoms with Gasteiger partial charge in [-0.3, -0.25) is 4.79 Å². The summed E-state index contributed by atoms with van der Waals surface area (Å²) in [5.41, 5.74) is 0. The number of hydrogen-bond acceptors (Lipinski definition) is 4. The fourth-order valence-corrected chi connectivity index (χ4v) is 2.81. The van der Waals surface area contributed by atoms with Crippen molar-refractivity contribution in [3.8, 4) is 5.75 Å². The summed E-state index contributed by atoms with van der Waals surface area (Å²) < 4.78 is 29.1. The molecule has 1 amide bonds. The molecular weight excluding hydrogens is 278 g/mol. The van der Waals surface area contributed by atoms with Gasteiger partial charge in [-0.25, -0.2) is 8.42 Å². The van der Waals surface area contributed by atoms with Gasteiger partial charge in [0.1, 0.15) is 5.75 Å². The van der Waals surface area contributed by atoms with Crippen molar-refractivity contribution < 1.29 is 17.9 Å². The van der Waals surface area contributed by atoms with Crippen LogP contribution in [-0.4, -0.2) is 33.7 Å². The highest BCUT2D eigenvalue weighted by Crippen LogP contribution is 2.16. The molecule has 1 rings (SSSR count). The summed E-state index contributed by atoms with van der Waals surface area (Å²) in [6.07, 6.45) is 2.20. The van der Waals surface area contributed by atoms with E-state index in [0.29, 0.717) is 12.2 Å². The van der Waals surface area contributed by atoms with Gasteiger partial charge in [-0.05, 0) is 30.7 Å². The molecule has 6 heteroatoms. The second-order valence-corrected chi connectivity index (χ2v) is 6.56. The first-order valence-electron chi connectivity index (χ1n) is 6.63. The molecule has 0 aliphatic rings. The average Bonchev–Trinajstić information content (AvgIpc) is 2.45. The molecule has 0 fully saturated rings. The number of ether oxygens (including phenoxy) is 1. The summed E-state index contributed by atoms with van der Waals surface area (Å²) in [6.45, 7) is 2.14. The van der Waals surface area contributed by atoms with Crippen LogP contribution in [0, 0.1) is 0 Å². The van der Waals surface area contributed by atoms with Gasteiger partial charge in [-0.2, -0.15) is 0 Å². The Morgan fingerprint density at radius 2 is 1.90 bits per heavy atom. The average molecular weight is 299 g/mol. The first-order valence-corrected chi connectivity index (χ1v) is 8.28. The Balaban J connectivity index is 2.50. The molecule has 0 unspecified atom stereocenters. The molecule has 0 saturated carbocycles. The van der Waals surface area contributed by atoms with E-state index in [1.54, 1.807) is 12.1 Å². The Kier molecular flexibility index (Phi) is 6.51. The van der Waals surface area contributed by atoms with Gasteiger partial charge < -0.3 is 10.1 Å². The predicted molar refractivity (Wildman–Crippen MR) is 77.6 cm³/mol. The molecule has 1 N–H and O–H groups in total. The van der Waals surface area contributed by atoms with Crippen LogP contribution in [0.15, 0.2) is 29.2 Å². The Morgan fingerprint density at radius 1 is 1.25 bits per heavy atom. The van der Waals surface area contributed by atoms with E-state index < -0.39 is 9.84 Å². The maximum absolute atomic E-state index is 12.0. The maximum atomic E-state index is 12.0. The molecule has 0 atom stereocenters. The number of amides is 1. The summed E-state index contributed by atoms with van der Waals surface area (Å²) in [6, 6.07) is 6.22. The lowest BCUT2D eigenvalue weighted by atomic mass is 10.2. The van der Waals surface area contributed by atoms with Crippen molar-refractivity contribution >= 4 is 15.7 Å². The highest BCUT2D eigenvalue weighted by molar-refractivity contribution is 7.91. The lowest BCUT2D eigenvalue weighted by Crippen LogP contribution is -2.28. The van der Waals surface area contributed by atoms with Gasteiger partial charge >= 0.3 is 0 Å². The zero-order chi connectivity index (χ0) is 15.0. The first kappa shape index (κ1) is 16.5. The second kappa shape index (κ2) is 7.89. The molecule has 0 aliphatic heterocycles. The van der Waals surface area contributed by atoms with E-state index in [4.69, 9.17) is 4.74 Å². The SMILES string of the molecule is CCCCC(=O)NCCS(=O)(=O)c1ccc(OC)cc1. The number of benzene rings is 1. The zero-order valence-corrected chi connectivity index (χ0v) is 12.7. The van der Waals surface area contributed by atoms with Crippen LogP contribution in [0.5, 0.6) is 5.75 Å². The fourth-order valence-electron chi connectivity index (χ4n) is 1.65. The molecule has 20 heavy (non-hydrogen) atoms. The lowest BCUT2D eigenvalue weighted by molar-refractivity contribution is -0.121. The van der Waals surface area contributed by atoms with E-state index in [-0.39, 0.29) is 23.1 Å². The summed E-state index contributed by atoms with van der Waals surface area (Å²) >= 11 is 0. The highest BCUT2D eigenvalue weighted by Gasteiger charge is 2.14. The zero-order valence-electron chi connectivity index (χ0n) is 11.9. The lowest BCUT2D eigenvalue weighted by Gasteiger charge is -2.07. The molecule has 0 bridgehead atoms. The van der Waals surface area contributed by atoms with Crippen LogP contribution in [0.3, 0.4) is 0 Å². The van der Waals surface area contributed by atoms with Gasteiger partial charge in [-0.15, -0.1) is 0 Å². The van der Waals surface area contributed by atoms with Gasteiger partial charge in [0, 0.05) is 13.0 Å². The van der Waals surface area contributed by atoms with E-state index >= 15 is 0 Å². The van der Waals surface area contributed by atoms with Crippen LogP contribution < -0.4 is 10.1 Å². The number of carbonyl (C=O) groups excluding carboxylic acids is 1. The third kappa shape index (κ3) is 5.21. The first-order chi connectivity index (χ1) is 9.49. The number of hydrogen-bond donors (Lipinski definition) is 1. The third-order valence-corrected chi connectivity index (χ3v) is 4.60. The van der Waals surface area contributed by atoms with Crippen LogP contribution in [0.4, 0.5) is 0 Å². The van der Waals surface area contributed by atoms with Crippen molar-refractivity contribution in [2.24, 2.45) is 0 Å². The van der Waals surface area contributed by atoms with Gasteiger partial charge in [-0.1, -0.05) is 13.3 Å². The van der Waals surface area contributed by atoms with Gasteiger partial charge in [0.15, 0.2) is 9.84 Å². The van der Waals surface area contributed by atoms with Crippen LogP contribution in [-0.2, 0) is 14.6 Å². The smallest absolute Gasteiger partial charge is 0.220 e. The van der Waals surface area contributed by atoms with Crippen LogP contribution in [0.25, 0.3) is 0 Å². The molecule has 0 radical (unpaired) electrons. The monoisotopic (exact) mass is 299 g/mol. The Hall–Kier alpha value is -1.56. The van der Waals surface area contributed by atoms with Crippen LogP contribution >= 0.6 is 0 Å². The van der Waals surface area contributed by atoms with E-state index in [0.717, 1.165) is 12.8 Å². The number of carbonyl (C=O) groups is 1. The van der Waals surface area contributed by atoms with Gasteiger partial charge in [0.05, 0.1) is 17.8 Å². The van der Waals surface area contributed by atoms with Crippen molar-refractivity contribution in [2.75, 3.05) is 19.4 Å². The molecule has 0 aliphatic carbocycles. The Morgan fingerprint density at radius 3 is 2.45 bits per heavy atom. The van der Waals surface area contributed by atoms with Gasteiger partial charge in [0.2, 0.25) is 5.91 Å². The van der Waals surface area contributed by atoms with Crippen molar-refractivity contribution in [1.82, 2.24) is 5.32 Å². The summed E-state index contributed by atoms with van der Waals surface area (Å²) in [5, 5.41) is 2.62. The molecule has 1 aromatic rings. The molecule has 0 aromatic heterocycles. The minimum Gasteiger partial charge on any atom is -0.497 e. The highest BCUT2D eigenvalue weighted by atomic mass is 32.2. The van der Waals surface area contributed by atoms with Crippen molar-refractivity contribution in [3.63, 3.8) is 0 Å². The number of methoxy groups -OCH3 is 1. The number of sulfone groups is 1. The Bertz CT molecular complexity index is 523. The summed E-state index contributed by atoms with van der Waals surface area (Å²) in [4.78, 5) is 11.6. The van der Waals surface area contributed by atoms with Gasteiger partial charge in [0.25, 0.3) is 0 Å². The van der Waals surface area contributed by atoms with Crippen LogP contribution in [0.2, 0.25) is 0 Å². The minimum atomic E-state index is -3.37. The largest absolute Gasteiger partial charge is 0.497 e. The standard InChI is InChI=1S/C14H21NO4S/c1-3-4-5-14(16)15-10-11-20(17,18)13-8-6-12(19-2)7-9-13/h6-9H,3-5,10-11H2,1-2H3,(H,15,16). The second-order valence-electron chi connectivity index (χ2n) is 4.45. The minimum absolute atomic E-state index is 0.100. The quantitative estimate of drug-likeness (QED) is 0.794. The van der Waals surface area contributed by atoms with Crippen molar-refractivity contribution in [3.05, 3.63) is 24.3 Å². The van der Waals surface area contributed by atoms with Crippen molar-refractivity contribution in [2.45, 2.75) is 31.1 Å². The molecule has 5 nitrogen and oxygen atoms in total. The summed E-state index contributed by atoms with van der Waals surface area (Å²) in [5.74, 6) is 0.408. The predicted octanol–water partition coefficient (Wildman–Crippen LogP) is 1.78. The van der Waals surface area contributed by atoms with E-state index in [1.807, 2.05) is 6.92 Å². The number of nitrogens with one attached hydrogen (secondary N) is 1. The third-order valence-electron chi connectivity index (χ3n) is 2.87. The molecule has 0 heterocycles. The van der Waals surface area contributed by atoms with E-state index in [9.17, 15) is 13.2 Å². The van der Waals surface area contributed by atoms with Crippen molar-refractivity contribution in [1.29, 1.82) is 0 Å². The Labute approximate surface area is 120 Å². The molecular formula is C14H21NO4S. The normalized spacial score (nSPS) is 11.1. The molecule has 112 valence electrons. The summed E-state index contributed by atoms with van der Waals surface area (Å²) in [7, 11) is -1.85. The molecule has 0 saturated heterocycles. The fraction of sp³-hybridized carbons (Fsp3) is 0.500.